The summed E-state index contributed by atoms with van der Waals surface area (Å²) in [6.07, 6.45) is 65.8. The number of aliphatic hydroxyl groups excluding tert-OH is 1. The summed E-state index contributed by atoms with van der Waals surface area (Å²) in [6.45, 7) is 4.91. The van der Waals surface area contributed by atoms with Crippen molar-refractivity contribution in [1.29, 1.82) is 0 Å². The summed E-state index contributed by atoms with van der Waals surface area (Å²) in [5.74, 6) is -2.12. The number of carbonyl (C=O) groups is 4. The van der Waals surface area contributed by atoms with Gasteiger partial charge >= 0.3 is 39.5 Å². The molecule has 0 amide bonds. The highest BCUT2D eigenvalue weighted by atomic mass is 31.2. The van der Waals surface area contributed by atoms with E-state index in [0.717, 1.165) is 96.3 Å². The lowest BCUT2D eigenvalue weighted by molar-refractivity contribution is -0.161. The smallest absolute Gasteiger partial charge is 0.462 e. The van der Waals surface area contributed by atoms with Crippen molar-refractivity contribution in [3.63, 3.8) is 0 Å². The Bertz CT molecular complexity index is 1860. The molecule has 3 N–H and O–H groups in total. The first-order valence-electron chi connectivity index (χ1n) is 41.3. The van der Waals surface area contributed by atoms with Gasteiger partial charge in [0.1, 0.15) is 19.3 Å². The number of phosphoric acid groups is 2. The first kappa shape index (κ1) is 96.1. The van der Waals surface area contributed by atoms with Gasteiger partial charge in [-0.25, -0.2) is 9.13 Å². The number of phosphoric ester groups is 2. The topological polar surface area (TPSA) is 237 Å². The fourth-order valence-electron chi connectivity index (χ4n) is 12.3. The monoisotopic (exact) mass is 1440 g/mol. The Morgan fingerprint density at radius 3 is 0.602 bits per heavy atom. The van der Waals surface area contributed by atoms with Crippen LogP contribution in [0.3, 0.4) is 0 Å². The van der Waals surface area contributed by atoms with Crippen molar-refractivity contribution >= 4 is 39.5 Å². The molecule has 0 fully saturated rings. The molecular weight excluding hydrogens is 1280 g/mol. The Hall–Kier alpha value is -1.94. The van der Waals surface area contributed by atoms with Crippen molar-refractivity contribution in [3.8, 4) is 0 Å². The molecule has 19 heteroatoms. The Labute approximate surface area is 600 Å². The van der Waals surface area contributed by atoms with E-state index in [1.54, 1.807) is 0 Å². The van der Waals surface area contributed by atoms with E-state index in [0.29, 0.717) is 25.7 Å². The van der Waals surface area contributed by atoms with Crippen LogP contribution in [-0.4, -0.2) is 96.7 Å². The zero-order valence-corrected chi connectivity index (χ0v) is 65.6. The third kappa shape index (κ3) is 72.4. The molecule has 0 saturated carbocycles. The van der Waals surface area contributed by atoms with Crippen molar-refractivity contribution in [3.05, 3.63) is 0 Å². The van der Waals surface area contributed by atoms with E-state index in [4.69, 9.17) is 37.0 Å². The molecule has 0 aromatic rings. The van der Waals surface area contributed by atoms with Crippen LogP contribution in [0.15, 0.2) is 0 Å². The molecule has 5 atom stereocenters. The first-order valence-corrected chi connectivity index (χ1v) is 44.3. The molecule has 0 aliphatic carbocycles. The van der Waals surface area contributed by atoms with Gasteiger partial charge in [0.05, 0.1) is 26.4 Å². The molecule has 0 radical (unpaired) electrons. The molecule has 0 rings (SSSR count). The second-order valence-corrected chi connectivity index (χ2v) is 31.4. The molecule has 0 aliphatic rings. The standard InChI is InChI=1S/C79H154O17P2/c1-5-9-13-17-20-23-26-29-31-33-35-36-37-39-41-43-45-48-51-54-58-62-66-79(84)96-75(70-90-77(82)64-60-56-52-49-47-44-42-40-38-34-32-30-27-24-21-18-14-10-6-2)72-94-98(87,88)92-68-73(80)67-91-97(85,86)93-71-74(69-89-76(81)63-59-55-16-12-8-4)95-78(83)65-61-57-53-50-46-28-25-22-19-15-11-7-3/h73-75,80H,5-72H2,1-4H3,(H,85,86)(H,87,88)/t73-,74+,75+/m0/s1. The van der Waals surface area contributed by atoms with Gasteiger partial charge in [0, 0.05) is 25.7 Å². The summed E-state index contributed by atoms with van der Waals surface area (Å²) in [5.41, 5.74) is 0. The van der Waals surface area contributed by atoms with Crippen molar-refractivity contribution in [2.24, 2.45) is 0 Å². The Morgan fingerprint density at radius 1 is 0.245 bits per heavy atom. The summed E-state index contributed by atoms with van der Waals surface area (Å²) in [5, 5.41) is 10.6. The fraction of sp³-hybridized carbons (Fsp3) is 0.949. The number of hydrogen-bond donors (Lipinski definition) is 3. The fourth-order valence-corrected chi connectivity index (χ4v) is 13.9. The van der Waals surface area contributed by atoms with E-state index in [1.807, 2.05) is 0 Å². The molecule has 98 heavy (non-hydrogen) atoms. The molecule has 0 bridgehead atoms. The van der Waals surface area contributed by atoms with Gasteiger partial charge in [-0.1, -0.05) is 374 Å². The highest BCUT2D eigenvalue weighted by Gasteiger charge is 2.30. The summed E-state index contributed by atoms with van der Waals surface area (Å²) in [6, 6.07) is 0. The van der Waals surface area contributed by atoms with Crippen molar-refractivity contribution in [1.82, 2.24) is 0 Å². The highest BCUT2D eigenvalue weighted by molar-refractivity contribution is 7.47. The van der Waals surface area contributed by atoms with E-state index in [9.17, 15) is 43.2 Å². The van der Waals surface area contributed by atoms with E-state index in [2.05, 4.69) is 27.7 Å². The summed E-state index contributed by atoms with van der Waals surface area (Å²) >= 11 is 0. The average Bonchev–Trinajstić information content (AvgIpc) is 1.10. The predicted molar refractivity (Wildman–Crippen MR) is 400 cm³/mol. The normalized spacial score (nSPS) is 13.8. The minimum atomic E-state index is -4.96. The van der Waals surface area contributed by atoms with Gasteiger partial charge < -0.3 is 33.8 Å². The van der Waals surface area contributed by atoms with Crippen LogP contribution < -0.4 is 0 Å². The van der Waals surface area contributed by atoms with E-state index in [1.165, 1.54) is 250 Å². The minimum absolute atomic E-state index is 0.107. The first-order chi connectivity index (χ1) is 47.7. The summed E-state index contributed by atoms with van der Waals surface area (Å²) in [4.78, 5) is 72.6. The Morgan fingerprint density at radius 2 is 0.408 bits per heavy atom. The SMILES string of the molecule is CCCCCCCCCCCCCCCCCCCCCCCCC(=O)O[C@H](COC(=O)CCCCCCCCCCCCCCCCCCCCC)COP(=O)(O)OC[C@@H](O)COP(=O)(O)OC[C@@H](COC(=O)CCCCCCC)OC(=O)CCCCCCCCCCCCCC. The lowest BCUT2D eigenvalue weighted by Crippen LogP contribution is -2.30. The van der Waals surface area contributed by atoms with Crippen molar-refractivity contribution < 1.29 is 80.2 Å². The lowest BCUT2D eigenvalue weighted by Gasteiger charge is -2.21. The van der Waals surface area contributed by atoms with Crippen LogP contribution in [0.2, 0.25) is 0 Å². The van der Waals surface area contributed by atoms with Crippen LogP contribution in [0.4, 0.5) is 0 Å². The molecule has 582 valence electrons. The van der Waals surface area contributed by atoms with E-state index in [-0.39, 0.29) is 25.7 Å². The molecule has 17 nitrogen and oxygen atoms in total. The summed E-state index contributed by atoms with van der Waals surface area (Å²) < 4.78 is 68.4. The van der Waals surface area contributed by atoms with Gasteiger partial charge in [0.15, 0.2) is 12.2 Å². The van der Waals surface area contributed by atoms with Gasteiger partial charge in [-0.2, -0.15) is 0 Å². The molecular formula is C79H154O17P2. The number of esters is 4. The second kappa shape index (κ2) is 73.4. The number of unbranched alkanes of at least 4 members (excludes halogenated alkanes) is 54. The van der Waals surface area contributed by atoms with E-state index >= 15 is 0 Å². The molecule has 0 aliphatic heterocycles. The molecule has 0 aromatic heterocycles. The molecule has 0 aromatic carbocycles. The number of ether oxygens (including phenoxy) is 4. The Balaban J connectivity index is 5.10. The molecule has 0 saturated heterocycles. The predicted octanol–water partition coefficient (Wildman–Crippen LogP) is 23.8. The zero-order chi connectivity index (χ0) is 71.8. The van der Waals surface area contributed by atoms with Gasteiger partial charge in [0.25, 0.3) is 0 Å². The molecule has 0 heterocycles. The van der Waals surface area contributed by atoms with Gasteiger partial charge in [-0.05, 0) is 25.7 Å². The summed E-state index contributed by atoms with van der Waals surface area (Å²) in [7, 11) is -9.90. The molecule has 0 spiro atoms. The van der Waals surface area contributed by atoms with Crippen LogP contribution in [0, 0.1) is 0 Å². The minimum Gasteiger partial charge on any atom is -0.462 e. The van der Waals surface area contributed by atoms with Gasteiger partial charge in [-0.3, -0.25) is 37.3 Å². The van der Waals surface area contributed by atoms with Crippen molar-refractivity contribution in [2.75, 3.05) is 39.6 Å². The van der Waals surface area contributed by atoms with Crippen LogP contribution in [0.5, 0.6) is 0 Å². The number of rotatable bonds is 80. The van der Waals surface area contributed by atoms with Gasteiger partial charge in [0.2, 0.25) is 0 Å². The van der Waals surface area contributed by atoms with Crippen LogP contribution in [0.25, 0.3) is 0 Å². The Kier molecular flexibility index (Phi) is 71.9. The van der Waals surface area contributed by atoms with Crippen LogP contribution in [0.1, 0.15) is 426 Å². The molecule has 2 unspecified atom stereocenters. The third-order valence-corrected chi connectivity index (χ3v) is 20.5. The average molecular weight is 1440 g/mol. The quantitative estimate of drug-likeness (QED) is 0.0222. The maximum absolute atomic E-state index is 13.1. The lowest BCUT2D eigenvalue weighted by atomic mass is 10.0. The number of carbonyl (C=O) groups excluding carboxylic acids is 4. The largest absolute Gasteiger partial charge is 0.472 e. The van der Waals surface area contributed by atoms with Crippen LogP contribution >= 0.6 is 15.6 Å². The van der Waals surface area contributed by atoms with Crippen molar-refractivity contribution in [2.45, 2.75) is 444 Å². The third-order valence-electron chi connectivity index (χ3n) is 18.6. The maximum Gasteiger partial charge on any atom is 0.472 e. The number of hydrogen-bond acceptors (Lipinski definition) is 15. The number of aliphatic hydroxyl groups is 1. The maximum atomic E-state index is 13.1. The van der Waals surface area contributed by atoms with E-state index < -0.39 is 97.5 Å². The van der Waals surface area contributed by atoms with Gasteiger partial charge in [-0.15, -0.1) is 0 Å². The zero-order valence-electron chi connectivity index (χ0n) is 63.8. The van der Waals surface area contributed by atoms with Crippen LogP contribution in [-0.2, 0) is 65.4 Å². The second-order valence-electron chi connectivity index (χ2n) is 28.5. The highest BCUT2D eigenvalue weighted by Crippen LogP contribution is 2.45.